The molecular formula is C17H15F3N2O2S. The molecule has 1 aromatic heterocycles. The zero-order valence-electron chi connectivity index (χ0n) is 13.3. The lowest BCUT2D eigenvalue weighted by molar-refractivity contribution is -0.141. The third-order valence-electron chi connectivity index (χ3n) is 3.78. The number of nitrogens with zero attached hydrogens (tertiary/aromatic N) is 2. The summed E-state index contributed by atoms with van der Waals surface area (Å²) in [5, 5.41) is 0. The first-order valence-electron chi connectivity index (χ1n) is 7.50. The Labute approximate surface area is 147 Å². The molecule has 0 aliphatic carbocycles. The maximum absolute atomic E-state index is 12.6. The number of thioether (sulfide) groups is 1. The fraction of sp³-hybridized carbons (Fsp3) is 0.294. The lowest BCUT2D eigenvalue weighted by Gasteiger charge is -2.39. The highest BCUT2D eigenvalue weighted by atomic mass is 32.2. The van der Waals surface area contributed by atoms with Crippen LogP contribution in [0, 0.1) is 0 Å². The molecule has 0 bridgehead atoms. The van der Waals surface area contributed by atoms with Crippen LogP contribution < -0.4 is 4.74 Å². The average molecular weight is 368 g/mol. The van der Waals surface area contributed by atoms with E-state index < -0.39 is 11.9 Å². The molecule has 3 rings (SSSR count). The highest BCUT2D eigenvalue weighted by Crippen LogP contribution is 2.30. The minimum absolute atomic E-state index is 0.101. The Morgan fingerprint density at radius 2 is 2.04 bits per heavy atom. The van der Waals surface area contributed by atoms with Crippen LogP contribution >= 0.6 is 11.8 Å². The zero-order valence-corrected chi connectivity index (χ0v) is 14.1. The smallest absolute Gasteiger partial charge is 0.433 e. The molecule has 0 N–H and O–H groups in total. The van der Waals surface area contributed by atoms with Gasteiger partial charge in [-0.25, -0.2) is 0 Å². The number of hydrogen-bond acceptors (Lipinski definition) is 4. The molecule has 1 aliphatic rings. The van der Waals surface area contributed by atoms with Gasteiger partial charge in [-0.15, -0.1) is 11.8 Å². The largest absolute Gasteiger partial charge is 0.487 e. The molecule has 0 unspecified atom stereocenters. The SMILES string of the molecule is CSc1cccc(C(=O)N2CC(Oc3ccnc(C(F)(F)F)c3)C2)c1. The predicted molar refractivity (Wildman–Crippen MR) is 87.8 cm³/mol. The number of rotatable bonds is 4. The van der Waals surface area contributed by atoms with Crippen molar-refractivity contribution in [2.75, 3.05) is 19.3 Å². The van der Waals surface area contributed by atoms with Crippen LogP contribution in [0.4, 0.5) is 13.2 Å². The molecule has 8 heteroatoms. The molecule has 0 atom stereocenters. The number of halogens is 3. The number of alkyl halides is 3. The number of aromatic nitrogens is 1. The van der Waals surface area contributed by atoms with Crippen LogP contribution in [0.1, 0.15) is 16.1 Å². The second-order valence-electron chi connectivity index (χ2n) is 5.56. The van der Waals surface area contributed by atoms with Gasteiger partial charge in [0.1, 0.15) is 17.5 Å². The average Bonchev–Trinajstić information content (AvgIpc) is 2.57. The van der Waals surface area contributed by atoms with Gasteiger partial charge in [0, 0.05) is 22.7 Å². The van der Waals surface area contributed by atoms with Crippen molar-refractivity contribution in [3.8, 4) is 5.75 Å². The van der Waals surface area contributed by atoms with E-state index in [1.54, 1.807) is 22.7 Å². The number of carbonyl (C=O) groups excluding carboxylic acids is 1. The monoisotopic (exact) mass is 368 g/mol. The topological polar surface area (TPSA) is 42.4 Å². The summed E-state index contributed by atoms with van der Waals surface area (Å²) in [4.78, 5) is 18.3. The highest BCUT2D eigenvalue weighted by Gasteiger charge is 2.35. The third-order valence-corrected chi connectivity index (χ3v) is 4.50. The first kappa shape index (κ1) is 17.6. The van der Waals surface area contributed by atoms with Crippen LogP contribution in [-0.4, -0.2) is 41.2 Å². The molecule has 4 nitrogen and oxygen atoms in total. The first-order chi connectivity index (χ1) is 11.9. The zero-order chi connectivity index (χ0) is 18.0. The van der Waals surface area contributed by atoms with Gasteiger partial charge in [0.25, 0.3) is 5.91 Å². The summed E-state index contributed by atoms with van der Waals surface area (Å²) >= 11 is 1.55. The van der Waals surface area contributed by atoms with Gasteiger partial charge < -0.3 is 9.64 Å². The summed E-state index contributed by atoms with van der Waals surface area (Å²) in [7, 11) is 0. The van der Waals surface area contributed by atoms with E-state index in [2.05, 4.69) is 4.98 Å². The molecule has 132 valence electrons. The standard InChI is InChI=1S/C17H15F3N2O2S/c1-25-14-4-2-3-11(7-14)16(23)22-9-13(10-22)24-12-5-6-21-15(8-12)17(18,19)20/h2-8,13H,9-10H2,1H3. The van der Waals surface area contributed by atoms with Gasteiger partial charge in [-0.2, -0.15) is 13.2 Å². The van der Waals surface area contributed by atoms with Crippen LogP contribution in [0.3, 0.4) is 0 Å². The molecule has 1 fully saturated rings. The van der Waals surface area contributed by atoms with Crippen LogP contribution in [0.15, 0.2) is 47.5 Å². The summed E-state index contributed by atoms with van der Waals surface area (Å²) < 4.78 is 43.4. The van der Waals surface area contributed by atoms with Crippen molar-refractivity contribution >= 4 is 17.7 Å². The summed E-state index contributed by atoms with van der Waals surface area (Å²) in [6, 6.07) is 9.55. The van der Waals surface area contributed by atoms with Crippen LogP contribution in [0.5, 0.6) is 5.75 Å². The third kappa shape index (κ3) is 4.07. The minimum atomic E-state index is -4.51. The van der Waals surface area contributed by atoms with E-state index in [1.807, 2.05) is 24.5 Å². The van der Waals surface area contributed by atoms with Crippen LogP contribution in [0.25, 0.3) is 0 Å². The van der Waals surface area contributed by atoms with E-state index in [4.69, 9.17) is 4.74 Å². The van der Waals surface area contributed by atoms with E-state index in [9.17, 15) is 18.0 Å². The van der Waals surface area contributed by atoms with Crippen molar-refractivity contribution < 1.29 is 22.7 Å². The Kier molecular flexibility index (Phi) is 4.89. The van der Waals surface area contributed by atoms with E-state index >= 15 is 0 Å². The molecule has 0 spiro atoms. The number of carbonyl (C=O) groups is 1. The number of amides is 1. The Morgan fingerprint density at radius 3 is 2.72 bits per heavy atom. The molecule has 1 saturated heterocycles. The van der Waals surface area contributed by atoms with Gasteiger partial charge >= 0.3 is 6.18 Å². The molecule has 0 radical (unpaired) electrons. The fourth-order valence-electron chi connectivity index (χ4n) is 2.45. The van der Waals surface area contributed by atoms with Gasteiger partial charge in [0.05, 0.1) is 13.1 Å². The maximum Gasteiger partial charge on any atom is 0.433 e. The molecule has 2 heterocycles. The van der Waals surface area contributed by atoms with Gasteiger partial charge in [-0.1, -0.05) is 6.07 Å². The van der Waals surface area contributed by atoms with Crippen LogP contribution in [-0.2, 0) is 6.18 Å². The normalized spacial score (nSPS) is 15.0. The van der Waals surface area contributed by atoms with Crippen LogP contribution in [0.2, 0.25) is 0 Å². The molecule has 1 amide bonds. The molecule has 0 saturated carbocycles. The van der Waals surface area contributed by atoms with Crippen molar-refractivity contribution in [2.24, 2.45) is 0 Å². The van der Waals surface area contributed by atoms with Crippen molar-refractivity contribution in [1.82, 2.24) is 9.88 Å². The second-order valence-corrected chi connectivity index (χ2v) is 6.44. The van der Waals surface area contributed by atoms with Gasteiger partial charge in [-0.05, 0) is 30.5 Å². The molecule has 2 aromatic rings. The Hall–Kier alpha value is -2.22. The highest BCUT2D eigenvalue weighted by molar-refractivity contribution is 7.98. The van der Waals surface area contributed by atoms with E-state index in [1.165, 1.54) is 6.07 Å². The van der Waals surface area contributed by atoms with E-state index in [0.717, 1.165) is 17.2 Å². The number of hydrogen-bond donors (Lipinski definition) is 0. The Bertz CT molecular complexity index is 776. The number of likely N-dealkylation sites (tertiary alicyclic amines) is 1. The van der Waals surface area contributed by atoms with Crippen molar-refractivity contribution in [2.45, 2.75) is 17.2 Å². The van der Waals surface area contributed by atoms with E-state index in [-0.39, 0.29) is 17.8 Å². The van der Waals surface area contributed by atoms with Crippen molar-refractivity contribution in [3.05, 3.63) is 53.9 Å². The van der Waals surface area contributed by atoms with Gasteiger partial charge in [0.2, 0.25) is 0 Å². The maximum atomic E-state index is 12.6. The fourth-order valence-corrected chi connectivity index (χ4v) is 2.91. The number of benzene rings is 1. The summed E-state index contributed by atoms with van der Waals surface area (Å²) in [5.74, 6) is -0.00902. The quantitative estimate of drug-likeness (QED) is 0.772. The number of ether oxygens (including phenoxy) is 1. The number of pyridine rings is 1. The second kappa shape index (κ2) is 6.95. The van der Waals surface area contributed by atoms with Crippen molar-refractivity contribution in [3.63, 3.8) is 0 Å². The Balaban J connectivity index is 1.58. The molecular weight excluding hydrogens is 353 g/mol. The summed E-state index contributed by atoms with van der Waals surface area (Å²) in [6.07, 6.45) is -1.84. The van der Waals surface area contributed by atoms with Crippen molar-refractivity contribution in [1.29, 1.82) is 0 Å². The van der Waals surface area contributed by atoms with Gasteiger partial charge in [-0.3, -0.25) is 9.78 Å². The lowest BCUT2D eigenvalue weighted by Crippen LogP contribution is -2.56. The molecule has 1 aliphatic heterocycles. The molecule has 25 heavy (non-hydrogen) atoms. The Morgan fingerprint density at radius 1 is 1.28 bits per heavy atom. The summed E-state index contributed by atoms with van der Waals surface area (Å²) in [5.41, 5.74) is -0.403. The predicted octanol–water partition coefficient (Wildman–Crippen LogP) is 3.73. The minimum Gasteiger partial charge on any atom is -0.487 e. The first-order valence-corrected chi connectivity index (χ1v) is 8.72. The van der Waals surface area contributed by atoms with E-state index in [0.29, 0.717) is 18.7 Å². The van der Waals surface area contributed by atoms with Gasteiger partial charge in [0.15, 0.2) is 0 Å². The lowest BCUT2D eigenvalue weighted by atomic mass is 10.1. The summed E-state index contributed by atoms with van der Waals surface area (Å²) in [6.45, 7) is 0.679. The molecule has 1 aromatic carbocycles.